The van der Waals surface area contributed by atoms with Crippen LogP contribution in [0.1, 0.15) is 32.2 Å². The van der Waals surface area contributed by atoms with Crippen LogP contribution in [-0.4, -0.2) is 21.9 Å². The number of nitrogens with zero attached hydrogens (tertiary/aromatic N) is 2. The van der Waals surface area contributed by atoms with Gasteiger partial charge in [0.1, 0.15) is 5.01 Å². The maximum atomic E-state index is 8.76. The summed E-state index contributed by atoms with van der Waals surface area (Å²) in [5, 5.41) is 17.4. The average Bonchev–Trinajstić information content (AvgIpc) is 2.50. The number of ether oxygens (including phenoxy) is 1. The van der Waals surface area contributed by atoms with Crippen LogP contribution in [0.3, 0.4) is 0 Å². The number of hydrogen-bond acceptors (Lipinski definition) is 5. The van der Waals surface area contributed by atoms with Crippen molar-refractivity contribution in [2.75, 3.05) is 6.61 Å². The molecule has 1 heterocycles. The van der Waals surface area contributed by atoms with Crippen LogP contribution < -0.4 is 4.74 Å². The van der Waals surface area contributed by atoms with E-state index in [-0.39, 0.29) is 12.0 Å². The zero-order valence-electron chi connectivity index (χ0n) is 8.78. The minimum atomic E-state index is -0.0691. The molecule has 1 rings (SSSR count). The van der Waals surface area contributed by atoms with Crippen LogP contribution in [0.5, 0.6) is 5.19 Å². The van der Waals surface area contributed by atoms with E-state index in [1.54, 1.807) is 0 Å². The van der Waals surface area contributed by atoms with E-state index >= 15 is 0 Å². The standard InChI is InChI=1S/C9H16N2O2S/c1-9(2,3)4-5-13-8-11-10-7(6-12)14-8/h12H,4-6H2,1-3H3. The van der Waals surface area contributed by atoms with Crippen LogP contribution in [0.4, 0.5) is 0 Å². The Balaban J connectivity index is 2.31. The third kappa shape index (κ3) is 4.02. The Labute approximate surface area is 87.9 Å². The second-order valence-corrected chi connectivity index (χ2v) is 5.30. The molecule has 1 aromatic rings. The maximum Gasteiger partial charge on any atom is 0.294 e. The van der Waals surface area contributed by atoms with Gasteiger partial charge in [-0.25, -0.2) is 0 Å². The highest BCUT2D eigenvalue weighted by molar-refractivity contribution is 7.13. The first-order valence-corrected chi connectivity index (χ1v) is 5.39. The van der Waals surface area contributed by atoms with Gasteiger partial charge >= 0.3 is 0 Å². The van der Waals surface area contributed by atoms with Crippen LogP contribution in [0.2, 0.25) is 0 Å². The van der Waals surface area contributed by atoms with Crippen LogP contribution in [0.25, 0.3) is 0 Å². The van der Waals surface area contributed by atoms with Crippen LogP contribution in [-0.2, 0) is 6.61 Å². The van der Waals surface area contributed by atoms with Gasteiger partial charge in [0, 0.05) is 0 Å². The fraction of sp³-hybridized carbons (Fsp3) is 0.778. The van der Waals surface area contributed by atoms with Crippen LogP contribution in [0.15, 0.2) is 0 Å². The average molecular weight is 216 g/mol. The maximum absolute atomic E-state index is 8.76. The Bertz CT molecular complexity index is 281. The molecule has 0 aliphatic heterocycles. The summed E-state index contributed by atoms with van der Waals surface area (Å²) in [4.78, 5) is 0. The Morgan fingerprint density at radius 2 is 2.07 bits per heavy atom. The third-order valence-electron chi connectivity index (χ3n) is 1.66. The van der Waals surface area contributed by atoms with Crippen molar-refractivity contribution in [3.05, 3.63) is 5.01 Å². The van der Waals surface area contributed by atoms with Crippen molar-refractivity contribution >= 4 is 11.3 Å². The lowest BCUT2D eigenvalue weighted by Gasteiger charge is -2.16. The third-order valence-corrected chi connectivity index (χ3v) is 2.48. The quantitative estimate of drug-likeness (QED) is 0.834. The van der Waals surface area contributed by atoms with Crippen LogP contribution in [0, 0.1) is 5.41 Å². The zero-order valence-corrected chi connectivity index (χ0v) is 9.60. The molecule has 0 fully saturated rings. The molecule has 0 aliphatic rings. The molecule has 0 spiro atoms. The summed E-state index contributed by atoms with van der Waals surface area (Å²) >= 11 is 1.29. The van der Waals surface area contributed by atoms with Gasteiger partial charge in [0.05, 0.1) is 13.2 Å². The molecule has 0 aliphatic carbocycles. The van der Waals surface area contributed by atoms with Gasteiger partial charge in [-0.05, 0) is 11.8 Å². The van der Waals surface area contributed by atoms with E-state index in [0.29, 0.717) is 16.8 Å². The lowest BCUT2D eigenvalue weighted by molar-refractivity contribution is 0.241. The number of rotatable bonds is 4. The molecule has 5 heteroatoms. The molecule has 0 saturated heterocycles. The van der Waals surface area contributed by atoms with E-state index < -0.39 is 0 Å². The summed E-state index contributed by atoms with van der Waals surface area (Å²) in [6.45, 7) is 7.06. The number of aliphatic hydroxyl groups excluding tert-OH is 1. The summed E-state index contributed by atoms with van der Waals surface area (Å²) in [6.07, 6.45) is 0.973. The van der Waals surface area contributed by atoms with Crippen molar-refractivity contribution < 1.29 is 9.84 Å². The largest absolute Gasteiger partial charge is 0.469 e. The van der Waals surface area contributed by atoms with Gasteiger partial charge in [-0.1, -0.05) is 37.2 Å². The summed E-state index contributed by atoms with van der Waals surface area (Å²) in [5.41, 5.74) is 0.268. The molecule has 0 unspecified atom stereocenters. The van der Waals surface area contributed by atoms with Gasteiger partial charge in [-0.3, -0.25) is 0 Å². The molecular formula is C9H16N2O2S. The molecule has 0 aromatic carbocycles. The molecule has 0 amide bonds. The van der Waals surface area contributed by atoms with Gasteiger partial charge in [0.15, 0.2) is 0 Å². The molecule has 1 N–H and O–H groups in total. The molecule has 4 nitrogen and oxygen atoms in total. The number of hydrogen-bond donors (Lipinski definition) is 1. The van der Waals surface area contributed by atoms with Gasteiger partial charge in [-0.2, -0.15) is 0 Å². The highest BCUT2D eigenvalue weighted by Crippen LogP contribution is 2.21. The molecule has 0 atom stereocenters. The van der Waals surface area contributed by atoms with E-state index in [2.05, 4.69) is 31.0 Å². The highest BCUT2D eigenvalue weighted by atomic mass is 32.1. The highest BCUT2D eigenvalue weighted by Gasteiger charge is 2.11. The SMILES string of the molecule is CC(C)(C)CCOc1nnc(CO)s1. The molecular weight excluding hydrogens is 200 g/mol. The van der Waals surface area contributed by atoms with Gasteiger partial charge in [0.25, 0.3) is 5.19 Å². The Hall–Kier alpha value is -0.680. The fourth-order valence-electron chi connectivity index (χ4n) is 0.805. The second kappa shape index (κ2) is 4.70. The molecule has 80 valence electrons. The van der Waals surface area contributed by atoms with Crippen molar-refractivity contribution in [3.8, 4) is 5.19 Å². The zero-order chi connectivity index (χ0) is 10.6. The predicted molar refractivity (Wildman–Crippen MR) is 55.4 cm³/mol. The smallest absolute Gasteiger partial charge is 0.294 e. The van der Waals surface area contributed by atoms with Crippen molar-refractivity contribution in [1.29, 1.82) is 0 Å². The fourth-order valence-corrected chi connectivity index (χ4v) is 1.38. The van der Waals surface area contributed by atoms with E-state index in [0.717, 1.165) is 6.42 Å². The van der Waals surface area contributed by atoms with E-state index in [9.17, 15) is 0 Å². The Morgan fingerprint density at radius 1 is 1.36 bits per heavy atom. The van der Waals surface area contributed by atoms with Crippen molar-refractivity contribution in [1.82, 2.24) is 10.2 Å². The monoisotopic (exact) mass is 216 g/mol. The molecule has 0 bridgehead atoms. The van der Waals surface area contributed by atoms with Crippen molar-refractivity contribution in [2.24, 2.45) is 5.41 Å². The summed E-state index contributed by atoms with van der Waals surface area (Å²) in [6, 6.07) is 0. The number of aromatic nitrogens is 2. The van der Waals surface area contributed by atoms with Crippen molar-refractivity contribution in [3.63, 3.8) is 0 Å². The first-order chi connectivity index (χ1) is 6.51. The van der Waals surface area contributed by atoms with Crippen molar-refractivity contribution in [2.45, 2.75) is 33.8 Å². The number of aliphatic hydroxyl groups is 1. The summed E-state index contributed by atoms with van der Waals surface area (Å²) < 4.78 is 5.40. The second-order valence-electron chi connectivity index (χ2n) is 4.28. The van der Waals surface area contributed by atoms with Gasteiger partial charge in [-0.15, -0.1) is 5.10 Å². The van der Waals surface area contributed by atoms with Gasteiger partial charge in [0.2, 0.25) is 0 Å². The predicted octanol–water partition coefficient (Wildman–Crippen LogP) is 1.85. The first-order valence-electron chi connectivity index (χ1n) is 4.57. The molecule has 1 aromatic heterocycles. The van der Waals surface area contributed by atoms with E-state index in [1.165, 1.54) is 11.3 Å². The lowest BCUT2D eigenvalue weighted by atomic mass is 9.93. The van der Waals surface area contributed by atoms with Crippen LogP contribution >= 0.6 is 11.3 Å². The molecule has 14 heavy (non-hydrogen) atoms. The lowest BCUT2D eigenvalue weighted by Crippen LogP contribution is -2.10. The Morgan fingerprint density at radius 3 is 2.57 bits per heavy atom. The molecule has 0 saturated carbocycles. The van der Waals surface area contributed by atoms with E-state index in [4.69, 9.17) is 9.84 Å². The minimum Gasteiger partial charge on any atom is -0.469 e. The van der Waals surface area contributed by atoms with Gasteiger partial charge < -0.3 is 9.84 Å². The minimum absolute atomic E-state index is 0.0691. The normalized spacial score (nSPS) is 11.7. The summed E-state index contributed by atoms with van der Waals surface area (Å²) in [7, 11) is 0. The Kier molecular flexibility index (Phi) is 3.83. The summed E-state index contributed by atoms with van der Waals surface area (Å²) in [5.74, 6) is 0. The van der Waals surface area contributed by atoms with E-state index in [1.807, 2.05) is 0 Å². The first kappa shape index (κ1) is 11.4. The molecule has 0 radical (unpaired) electrons. The topological polar surface area (TPSA) is 55.2 Å².